The van der Waals surface area contributed by atoms with E-state index in [-0.39, 0.29) is 0 Å². The summed E-state index contributed by atoms with van der Waals surface area (Å²) in [5, 5.41) is 3.43. The van der Waals surface area contributed by atoms with Crippen LogP contribution in [0.4, 0.5) is 0 Å². The van der Waals surface area contributed by atoms with Gasteiger partial charge in [-0.3, -0.25) is 4.90 Å². The average molecular weight is 200 g/mol. The van der Waals surface area contributed by atoms with Crippen molar-refractivity contribution in [3.8, 4) is 0 Å². The van der Waals surface area contributed by atoms with Crippen molar-refractivity contribution in [2.45, 2.75) is 44.9 Å². The quantitative estimate of drug-likeness (QED) is 0.666. The number of nitrogens with one attached hydrogen (secondary N) is 1. The van der Waals surface area contributed by atoms with Crippen LogP contribution in [0.5, 0.6) is 0 Å². The molecule has 1 saturated carbocycles. The van der Waals surface area contributed by atoms with Crippen LogP contribution in [0, 0.1) is 0 Å². The molecule has 0 spiro atoms. The molecule has 14 heavy (non-hydrogen) atoms. The monoisotopic (exact) mass is 200 g/mol. The van der Waals surface area contributed by atoms with Gasteiger partial charge in [0.2, 0.25) is 0 Å². The summed E-state index contributed by atoms with van der Waals surface area (Å²) < 4.78 is 5.18. The lowest BCUT2D eigenvalue weighted by Crippen LogP contribution is -2.41. The molecular formula is C11H24N2O. The van der Waals surface area contributed by atoms with Crippen LogP contribution in [0.25, 0.3) is 0 Å². The van der Waals surface area contributed by atoms with Gasteiger partial charge < -0.3 is 10.1 Å². The van der Waals surface area contributed by atoms with Gasteiger partial charge in [-0.25, -0.2) is 0 Å². The molecule has 84 valence electrons. The van der Waals surface area contributed by atoms with Crippen LogP contribution in [-0.2, 0) is 4.74 Å². The highest BCUT2D eigenvalue weighted by atomic mass is 16.5. The normalized spacial score (nSPS) is 21.2. The highest BCUT2D eigenvalue weighted by Gasteiger charge is 2.28. The van der Waals surface area contributed by atoms with E-state index in [0.29, 0.717) is 12.1 Å². The number of rotatable bonds is 7. The van der Waals surface area contributed by atoms with Gasteiger partial charge in [-0.1, -0.05) is 0 Å². The van der Waals surface area contributed by atoms with Gasteiger partial charge in [0.15, 0.2) is 0 Å². The van der Waals surface area contributed by atoms with Crippen molar-refractivity contribution in [1.29, 1.82) is 0 Å². The topological polar surface area (TPSA) is 24.5 Å². The van der Waals surface area contributed by atoms with Gasteiger partial charge in [-0.2, -0.15) is 0 Å². The highest BCUT2D eigenvalue weighted by Crippen LogP contribution is 2.26. The Hall–Kier alpha value is -0.120. The first kappa shape index (κ1) is 12.0. The summed E-state index contributed by atoms with van der Waals surface area (Å²) in [6.07, 6.45) is 3.08. The smallest absolute Gasteiger partial charge is 0.0667 e. The minimum Gasteiger partial charge on any atom is -0.380 e. The fourth-order valence-electron chi connectivity index (χ4n) is 1.56. The molecule has 0 bridgehead atoms. The predicted molar refractivity (Wildman–Crippen MR) is 59.6 cm³/mol. The lowest BCUT2D eigenvalue weighted by Gasteiger charge is -2.25. The minimum atomic E-state index is 0.313. The van der Waals surface area contributed by atoms with E-state index in [0.717, 1.165) is 19.1 Å². The van der Waals surface area contributed by atoms with Crippen LogP contribution in [0.15, 0.2) is 0 Å². The first-order chi connectivity index (χ1) is 6.65. The molecule has 2 atom stereocenters. The maximum absolute atomic E-state index is 5.18. The lowest BCUT2D eigenvalue weighted by molar-refractivity contribution is 0.114. The predicted octanol–water partition coefficient (Wildman–Crippen LogP) is 1.09. The summed E-state index contributed by atoms with van der Waals surface area (Å²) in [4.78, 5) is 2.48. The first-order valence-corrected chi connectivity index (χ1v) is 5.60. The molecule has 0 saturated heterocycles. The van der Waals surface area contributed by atoms with Crippen LogP contribution in [0.3, 0.4) is 0 Å². The zero-order valence-corrected chi connectivity index (χ0v) is 9.92. The van der Waals surface area contributed by atoms with Gasteiger partial charge in [-0.05, 0) is 33.7 Å². The van der Waals surface area contributed by atoms with Gasteiger partial charge in [0.25, 0.3) is 0 Å². The molecule has 1 rings (SSSR count). The summed E-state index contributed by atoms with van der Waals surface area (Å²) in [7, 11) is 3.98. The largest absolute Gasteiger partial charge is 0.380 e. The number of ether oxygens (including phenoxy) is 1. The number of hydrogen-bond donors (Lipinski definition) is 1. The molecule has 0 radical (unpaired) electrons. The second-order valence-electron chi connectivity index (χ2n) is 4.45. The molecule has 1 aliphatic carbocycles. The average Bonchev–Trinajstić information content (AvgIpc) is 2.99. The second kappa shape index (κ2) is 5.69. The van der Waals surface area contributed by atoms with Crippen molar-refractivity contribution < 1.29 is 4.74 Å². The van der Waals surface area contributed by atoms with E-state index >= 15 is 0 Å². The maximum atomic E-state index is 5.18. The second-order valence-corrected chi connectivity index (χ2v) is 4.45. The fraction of sp³-hybridized carbons (Fsp3) is 1.00. The zero-order chi connectivity index (χ0) is 10.6. The number of hydrogen-bond acceptors (Lipinski definition) is 3. The standard InChI is InChI=1S/C11H24N2O/c1-9(13(3)11-5-6-11)7-12-8-10(2)14-4/h9-12H,5-8H2,1-4H3. The Morgan fingerprint density at radius 1 is 1.36 bits per heavy atom. The first-order valence-electron chi connectivity index (χ1n) is 5.60. The van der Waals surface area contributed by atoms with Crippen LogP contribution >= 0.6 is 0 Å². The minimum absolute atomic E-state index is 0.313. The van der Waals surface area contributed by atoms with Gasteiger partial charge in [0.1, 0.15) is 0 Å². The van der Waals surface area contributed by atoms with E-state index in [1.807, 2.05) is 0 Å². The molecule has 3 heteroatoms. The van der Waals surface area contributed by atoms with Gasteiger partial charge in [0.05, 0.1) is 6.10 Å². The lowest BCUT2D eigenvalue weighted by atomic mass is 10.3. The Kier molecular flexibility index (Phi) is 4.85. The van der Waals surface area contributed by atoms with E-state index in [2.05, 4.69) is 31.1 Å². The zero-order valence-electron chi connectivity index (χ0n) is 9.92. The van der Waals surface area contributed by atoms with Gasteiger partial charge in [-0.15, -0.1) is 0 Å². The van der Waals surface area contributed by atoms with Crippen molar-refractivity contribution in [3.63, 3.8) is 0 Å². The summed E-state index contributed by atoms with van der Waals surface area (Å²) in [5.74, 6) is 0. The van der Waals surface area contributed by atoms with Crippen molar-refractivity contribution in [3.05, 3.63) is 0 Å². The van der Waals surface area contributed by atoms with Crippen molar-refractivity contribution in [2.24, 2.45) is 0 Å². The van der Waals surface area contributed by atoms with Crippen LogP contribution < -0.4 is 5.32 Å². The molecule has 0 aliphatic heterocycles. The Bertz CT molecular complexity index is 159. The highest BCUT2D eigenvalue weighted by molar-refractivity contribution is 4.85. The molecule has 3 nitrogen and oxygen atoms in total. The van der Waals surface area contributed by atoms with E-state index < -0.39 is 0 Å². The Morgan fingerprint density at radius 2 is 2.00 bits per heavy atom. The van der Waals surface area contributed by atoms with Crippen LogP contribution in [0.1, 0.15) is 26.7 Å². The third kappa shape index (κ3) is 3.95. The van der Waals surface area contributed by atoms with Crippen molar-refractivity contribution in [2.75, 3.05) is 27.2 Å². The van der Waals surface area contributed by atoms with Crippen molar-refractivity contribution >= 4 is 0 Å². The third-order valence-electron chi connectivity index (χ3n) is 3.09. The summed E-state index contributed by atoms with van der Waals surface area (Å²) in [5.41, 5.74) is 0. The number of methoxy groups -OCH3 is 1. The van der Waals surface area contributed by atoms with Crippen LogP contribution in [-0.4, -0.2) is 50.3 Å². The van der Waals surface area contributed by atoms with Crippen LogP contribution in [0.2, 0.25) is 0 Å². The molecule has 0 aromatic heterocycles. The fourth-order valence-corrected chi connectivity index (χ4v) is 1.56. The molecular weight excluding hydrogens is 176 g/mol. The molecule has 0 aromatic carbocycles. The molecule has 1 N–H and O–H groups in total. The SMILES string of the molecule is COC(C)CNCC(C)N(C)C1CC1. The maximum Gasteiger partial charge on any atom is 0.0667 e. The van der Waals surface area contributed by atoms with Crippen molar-refractivity contribution in [1.82, 2.24) is 10.2 Å². The molecule has 1 fully saturated rings. The molecule has 2 unspecified atom stereocenters. The molecule has 1 aliphatic rings. The van der Waals surface area contributed by atoms with Gasteiger partial charge >= 0.3 is 0 Å². The third-order valence-corrected chi connectivity index (χ3v) is 3.09. The van der Waals surface area contributed by atoms with Gasteiger partial charge in [0, 0.05) is 32.3 Å². The summed E-state index contributed by atoms with van der Waals surface area (Å²) >= 11 is 0. The number of likely N-dealkylation sites (N-methyl/N-ethyl adjacent to an activating group) is 1. The molecule has 0 aromatic rings. The van der Waals surface area contributed by atoms with E-state index in [1.54, 1.807) is 7.11 Å². The Balaban J connectivity index is 2.04. The Labute approximate surface area is 87.8 Å². The van der Waals surface area contributed by atoms with E-state index in [1.165, 1.54) is 12.8 Å². The number of nitrogens with zero attached hydrogens (tertiary/aromatic N) is 1. The Morgan fingerprint density at radius 3 is 2.50 bits per heavy atom. The summed E-state index contributed by atoms with van der Waals surface area (Å²) in [6.45, 7) is 6.37. The molecule has 0 amide bonds. The van der Waals surface area contributed by atoms with E-state index in [4.69, 9.17) is 4.74 Å². The molecule has 0 heterocycles. The summed E-state index contributed by atoms with van der Waals surface area (Å²) in [6, 6.07) is 1.48. The van der Waals surface area contributed by atoms with E-state index in [9.17, 15) is 0 Å².